The van der Waals surface area contributed by atoms with Gasteiger partial charge in [0.05, 0.1) is 5.69 Å². The Labute approximate surface area is 142 Å². The lowest BCUT2D eigenvalue weighted by atomic mass is 10.2. The zero-order valence-electron chi connectivity index (χ0n) is 12.3. The summed E-state index contributed by atoms with van der Waals surface area (Å²) in [6.07, 6.45) is 0.215. The number of carbonyl (C=O) groups is 2. The summed E-state index contributed by atoms with van der Waals surface area (Å²) < 4.78 is 6.28. The second-order valence-corrected chi connectivity index (χ2v) is 6.03. The number of rotatable bonds is 4. The Morgan fingerprint density at radius 2 is 2.04 bits per heavy atom. The predicted molar refractivity (Wildman–Crippen MR) is 91.7 cm³/mol. The van der Waals surface area contributed by atoms with Crippen LogP contribution in [-0.4, -0.2) is 25.0 Å². The Hall–Kier alpha value is -2.34. The van der Waals surface area contributed by atoms with Crippen LogP contribution in [0.1, 0.15) is 6.42 Å². The first kappa shape index (κ1) is 15.6. The van der Waals surface area contributed by atoms with Crippen molar-refractivity contribution in [1.82, 2.24) is 0 Å². The third kappa shape index (κ3) is 3.71. The van der Waals surface area contributed by atoms with Gasteiger partial charge in [-0.05, 0) is 30.3 Å². The molecule has 1 aliphatic rings. The van der Waals surface area contributed by atoms with Gasteiger partial charge in [0.15, 0.2) is 6.61 Å². The highest BCUT2D eigenvalue weighted by atomic mass is 79.9. The van der Waals surface area contributed by atoms with Crippen LogP contribution in [0.3, 0.4) is 0 Å². The van der Waals surface area contributed by atoms with Crippen LogP contribution in [0.15, 0.2) is 53.0 Å². The van der Waals surface area contributed by atoms with Crippen molar-refractivity contribution in [3.05, 3.63) is 53.0 Å². The molecule has 0 aromatic heterocycles. The molecule has 0 fully saturated rings. The molecule has 0 aliphatic carbocycles. The van der Waals surface area contributed by atoms with Crippen LogP contribution in [-0.2, 0) is 9.59 Å². The van der Waals surface area contributed by atoms with Gasteiger partial charge in [-0.3, -0.25) is 9.59 Å². The number of hydrogen-bond donors (Lipinski definition) is 1. The van der Waals surface area contributed by atoms with E-state index in [4.69, 9.17) is 4.74 Å². The molecule has 0 radical (unpaired) electrons. The zero-order valence-corrected chi connectivity index (χ0v) is 13.9. The Kier molecular flexibility index (Phi) is 4.62. The molecular formula is C17H15BrN2O3. The van der Waals surface area contributed by atoms with Crippen molar-refractivity contribution < 1.29 is 14.3 Å². The van der Waals surface area contributed by atoms with Gasteiger partial charge in [0.2, 0.25) is 5.91 Å². The maximum absolute atomic E-state index is 12.1. The zero-order chi connectivity index (χ0) is 16.2. The average Bonchev–Trinajstić information content (AvgIpc) is 2.54. The van der Waals surface area contributed by atoms with Gasteiger partial charge in [-0.25, -0.2) is 0 Å². The van der Waals surface area contributed by atoms with E-state index in [2.05, 4.69) is 21.2 Å². The van der Waals surface area contributed by atoms with E-state index >= 15 is 0 Å². The van der Waals surface area contributed by atoms with E-state index < -0.39 is 0 Å². The molecule has 0 saturated carbocycles. The molecule has 3 rings (SSSR count). The second-order valence-electron chi connectivity index (χ2n) is 5.11. The molecule has 0 saturated heterocycles. The lowest BCUT2D eigenvalue weighted by Gasteiger charge is -2.29. The largest absolute Gasteiger partial charge is 0.482 e. The highest BCUT2D eigenvalue weighted by Crippen LogP contribution is 2.31. The van der Waals surface area contributed by atoms with E-state index in [0.717, 1.165) is 10.2 Å². The Balaban J connectivity index is 1.64. The summed E-state index contributed by atoms with van der Waals surface area (Å²) in [4.78, 5) is 25.7. The SMILES string of the molecule is O=C(CCN1C(=O)COc2ccccc21)Nc1cccc(Br)c1. The third-order valence-corrected chi connectivity index (χ3v) is 3.97. The highest BCUT2D eigenvalue weighted by molar-refractivity contribution is 9.10. The second kappa shape index (κ2) is 6.83. The Morgan fingerprint density at radius 1 is 1.22 bits per heavy atom. The maximum Gasteiger partial charge on any atom is 0.265 e. The number of nitrogens with one attached hydrogen (secondary N) is 1. The van der Waals surface area contributed by atoms with Crippen LogP contribution in [0.5, 0.6) is 5.75 Å². The van der Waals surface area contributed by atoms with Gasteiger partial charge in [0.25, 0.3) is 5.91 Å². The van der Waals surface area contributed by atoms with Crippen molar-refractivity contribution in [2.75, 3.05) is 23.4 Å². The number of nitrogens with zero attached hydrogens (tertiary/aromatic N) is 1. The topological polar surface area (TPSA) is 58.6 Å². The number of hydrogen-bond acceptors (Lipinski definition) is 3. The van der Waals surface area contributed by atoms with Gasteiger partial charge in [-0.2, -0.15) is 0 Å². The number of benzene rings is 2. The first-order chi connectivity index (χ1) is 11.1. The van der Waals surface area contributed by atoms with Crippen LogP contribution in [0.4, 0.5) is 11.4 Å². The lowest BCUT2D eigenvalue weighted by Crippen LogP contribution is -2.40. The van der Waals surface area contributed by atoms with Crippen LogP contribution >= 0.6 is 15.9 Å². The number of carbonyl (C=O) groups excluding carboxylic acids is 2. The summed E-state index contributed by atoms with van der Waals surface area (Å²) in [5, 5.41) is 2.82. The fraction of sp³-hybridized carbons (Fsp3) is 0.176. The lowest BCUT2D eigenvalue weighted by molar-refractivity contribution is -0.121. The molecule has 2 aromatic rings. The molecular weight excluding hydrogens is 360 g/mol. The molecule has 0 bridgehead atoms. The molecule has 1 N–H and O–H groups in total. The van der Waals surface area contributed by atoms with Crippen molar-refractivity contribution in [1.29, 1.82) is 0 Å². The summed E-state index contributed by atoms with van der Waals surface area (Å²) in [5.74, 6) is 0.387. The van der Waals surface area contributed by atoms with E-state index in [1.165, 1.54) is 0 Å². The van der Waals surface area contributed by atoms with Crippen molar-refractivity contribution in [3.8, 4) is 5.75 Å². The van der Waals surface area contributed by atoms with E-state index in [0.29, 0.717) is 18.0 Å². The molecule has 0 spiro atoms. The minimum Gasteiger partial charge on any atom is -0.482 e. The number of fused-ring (bicyclic) bond motifs is 1. The summed E-state index contributed by atoms with van der Waals surface area (Å²) in [7, 11) is 0. The van der Waals surface area contributed by atoms with Crippen molar-refractivity contribution in [3.63, 3.8) is 0 Å². The third-order valence-electron chi connectivity index (χ3n) is 3.48. The number of amides is 2. The minimum atomic E-state index is -0.140. The number of ether oxygens (including phenoxy) is 1. The van der Waals surface area contributed by atoms with E-state index in [-0.39, 0.29) is 24.8 Å². The molecule has 1 heterocycles. The quantitative estimate of drug-likeness (QED) is 0.893. The van der Waals surface area contributed by atoms with Gasteiger partial charge in [0.1, 0.15) is 5.75 Å². The normalized spacial score (nSPS) is 13.3. The Bertz CT molecular complexity index is 748. The summed E-state index contributed by atoms with van der Waals surface area (Å²) >= 11 is 3.36. The van der Waals surface area contributed by atoms with Crippen LogP contribution < -0.4 is 15.0 Å². The molecule has 1 aliphatic heterocycles. The molecule has 0 unspecified atom stereocenters. The number of para-hydroxylation sites is 2. The molecule has 2 amide bonds. The predicted octanol–water partition coefficient (Wildman–Crippen LogP) is 3.20. The van der Waals surface area contributed by atoms with Gasteiger partial charge in [-0.15, -0.1) is 0 Å². The molecule has 0 atom stereocenters. The fourth-order valence-electron chi connectivity index (χ4n) is 2.40. The minimum absolute atomic E-state index is 0.00423. The fourth-order valence-corrected chi connectivity index (χ4v) is 2.80. The summed E-state index contributed by atoms with van der Waals surface area (Å²) in [6.45, 7) is 0.323. The highest BCUT2D eigenvalue weighted by Gasteiger charge is 2.25. The van der Waals surface area contributed by atoms with Crippen molar-refractivity contribution in [2.45, 2.75) is 6.42 Å². The van der Waals surface area contributed by atoms with Gasteiger partial charge >= 0.3 is 0 Å². The molecule has 23 heavy (non-hydrogen) atoms. The van der Waals surface area contributed by atoms with Crippen LogP contribution in [0.25, 0.3) is 0 Å². The smallest absolute Gasteiger partial charge is 0.265 e. The van der Waals surface area contributed by atoms with Crippen molar-refractivity contribution in [2.24, 2.45) is 0 Å². The van der Waals surface area contributed by atoms with Crippen molar-refractivity contribution >= 4 is 39.1 Å². The summed E-state index contributed by atoms with van der Waals surface area (Å²) in [6, 6.07) is 14.7. The molecule has 6 heteroatoms. The monoisotopic (exact) mass is 374 g/mol. The summed E-state index contributed by atoms with van der Waals surface area (Å²) in [5.41, 5.74) is 1.43. The first-order valence-electron chi connectivity index (χ1n) is 7.21. The van der Waals surface area contributed by atoms with E-state index in [1.54, 1.807) is 4.90 Å². The number of halogens is 1. The average molecular weight is 375 g/mol. The standard InChI is InChI=1S/C17H15BrN2O3/c18-12-4-3-5-13(10-12)19-16(21)8-9-20-14-6-1-2-7-15(14)23-11-17(20)22/h1-7,10H,8-9,11H2,(H,19,21). The molecule has 2 aromatic carbocycles. The van der Waals surface area contributed by atoms with E-state index in [1.807, 2.05) is 48.5 Å². The van der Waals surface area contributed by atoms with Crippen LogP contribution in [0.2, 0.25) is 0 Å². The maximum atomic E-state index is 12.1. The molecule has 118 valence electrons. The van der Waals surface area contributed by atoms with Gasteiger partial charge in [0, 0.05) is 23.1 Å². The van der Waals surface area contributed by atoms with Crippen LogP contribution in [0, 0.1) is 0 Å². The Morgan fingerprint density at radius 3 is 2.87 bits per heavy atom. The van der Waals surface area contributed by atoms with Gasteiger partial charge < -0.3 is 15.0 Å². The number of anilines is 2. The van der Waals surface area contributed by atoms with Gasteiger partial charge in [-0.1, -0.05) is 34.1 Å². The van der Waals surface area contributed by atoms with E-state index in [9.17, 15) is 9.59 Å². The molecule has 5 nitrogen and oxygen atoms in total. The first-order valence-corrected chi connectivity index (χ1v) is 8.00.